The number of hydrogen-bond donors (Lipinski definition) is 2. The smallest absolute Gasteiger partial charge is 0.256 e. The van der Waals surface area contributed by atoms with Gasteiger partial charge in [0.15, 0.2) is 5.82 Å². The summed E-state index contributed by atoms with van der Waals surface area (Å²) in [7, 11) is -3.77. The normalized spacial score (nSPS) is 12.0. The van der Waals surface area contributed by atoms with E-state index in [9.17, 15) is 13.2 Å². The largest absolute Gasteiger partial charge is 0.359 e. The molecule has 2 N–H and O–H groups in total. The van der Waals surface area contributed by atoms with Crippen LogP contribution in [0.2, 0.25) is 0 Å². The highest BCUT2D eigenvalue weighted by Crippen LogP contribution is 2.24. The summed E-state index contributed by atoms with van der Waals surface area (Å²) in [5, 5.41) is 6.47. The fourth-order valence-corrected chi connectivity index (χ4v) is 3.60. The van der Waals surface area contributed by atoms with Crippen molar-refractivity contribution in [2.75, 3.05) is 5.32 Å². The van der Waals surface area contributed by atoms with Gasteiger partial charge in [-0.15, -0.1) is 0 Å². The van der Waals surface area contributed by atoms with Crippen LogP contribution in [0, 0.1) is 0 Å². The molecule has 0 atom stereocenters. The predicted octanol–water partition coefficient (Wildman–Crippen LogP) is 3.70. The Hall–Kier alpha value is -2.97. The third-order valence-electron chi connectivity index (χ3n) is 4.21. The van der Waals surface area contributed by atoms with Crippen molar-refractivity contribution >= 4 is 21.7 Å². The number of anilines is 1. The third-order valence-corrected chi connectivity index (χ3v) is 5.61. The van der Waals surface area contributed by atoms with Crippen molar-refractivity contribution in [1.82, 2.24) is 9.88 Å². The first-order valence-electron chi connectivity index (χ1n) is 9.07. The summed E-state index contributed by atoms with van der Waals surface area (Å²) in [4.78, 5) is 12.5. The van der Waals surface area contributed by atoms with Crippen LogP contribution in [0.5, 0.6) is 0 Å². The molecule has 1 heterocycles. The first kappa shape index (κ1) is 20.8. The van der Waals surface area contributed by atoms with Crippen LogP contribution < -0.4 is 10.0 Å². The van der Waals surface area contributed by atoms with Gasteiger partial charge in [-0.05, 0) is 23.8 Å². The Bertz CT molecular complexity index is 1100. The van der Waals surface area contributed by atoms with E-state index in [1.54, 1.807) is 6.07 Å². The van der Waals surface area contributed by atoms with Crippen molar-refractivity contribution < 1.29 is 17.7 Å². The molecule has 0 saturated carbocycles. The molecule has 0 fully saturated rings. The van der Waals surface area contributed by atoms with E-state index < -0.39 is 15.9 Å². The number of rotatable bonds is 6. The predicted molar refractivity (Wildman–Crippen MR) is 110 cm³/mol. The molecule has 7 nitrogen and oxygen atoms in total. The maximum atomic E-state index is 12.6. The lowest BCUT2D eigenvalue weighted by Gasteiger charge is -2.12. The van der Waals surface area contributed by atoms with Gasteiger partial charge < -0.3 is 9.84 Å². The summed E-state index contributed by atoms with van der Waals surface area (Å²) < 4.78 is 33.0. The highest BCUT2D eigenvalue weighted by molar-refractivity contribution is 7.89. The van der Waals surface area contributed by atoms with Gasteiger partial charge >= 0.3 is 0 Å². The molecule has 29 heavy (non-hydrogen) atoms. The molecular weight excluding hydrogens is 390 g/mol. The highest BCUT2D eigenvalue weighted by atomic mass is 32.2. The van der Waals surface area contributed by atoms with Crippen LogP contribution >= 0.6 is 0 Å². The van der Waals surface area contributed by atoms with Crippen LogP contribution in [0.1, 0.15) is 42.5 Å². The quantitative estimate of drug-likeness (QED) is 0.642. The molecule has 0 radical (unpaired) electrons. The number of aromatic nitrogens is 1. The molecule has 0 aliphatic carbocycles. The lowest BCUT2D eigenvalue weighted by atomic mass is 9.93. The summed E-state index contributed by atoms with van der Waals surface area (Å²) in [6.45, 7) is 6.07. The molecule has 3 rings (SSSR count). The number of benzene rings is 2. The van der Waals surface area contributed by atoms with Gasteiger partial charge in [0.25, 0.3) is 5.91 Å². The molecule has 2 aromatic carbocycles. The first-order valence-corrected chi connectivity index (χ1v) is 10.6. The summed E-state index contributed by atoms with van der Waals surface area (Å²) >= 11 is 0. The molecule has 8 heteroatoms. The van der Waals surface area contributed by atoms with Gasteiger partial charge in [0, 0.05) is 23.6 Å². The van der Waals surface area contributed by atoms with Gasteiger partial charge in [-0.25, -0.2) is 13.1 Å². The number of sulfonamides is 1. The lowest BCUT2D eigenvalue weighted by Crippen LogP contribution is -2.23. The fourth-order valence-electron chi connectivity index (χ4n) is 2.54. The second kappa shape index (κ2) is 8.18. The summed E-state index contributed by atoms with van der Waals surface area (Å²) in [6, 6.07) is 16.7. The van der Waals surface area contributed by atoms with E-state index in [1.807, 2.05) is 51.1 Å². The molecule has 0 aliphatic rings. The molecule has 1 aromatic heterocycles. The van der Waals surface area contributed by atoms with Gasteiger partial charge in [-0.1, -0.05) is 62.3 Å². The van der Waals surface area contributed by atoms with Crippen LogP contribution in [0.3, 0.4) is 0 Å². The Labute approximate surface area is 170 Å². The van der Waals surface area contributed by atoms with E-state index in [0.717, 1.165) is 5.56 Å². The molecule has 3 aromatic rings. The number of nitrogens with zero attached hydrogens (tertiary/aromatic N) is 1. The molecule has 152 valence electrons. The number of nitrogens with one attached hydrogen (secondary N) is 2. The molecular formula is C21H23N3O4S. The van der Waals surface area contributed by atoms with Gasteiger partial charge in [0.1, 0.15) is 5.76 Å². The third kappa shape index (κ3) is 5.30. The van der Waals surface area contributed by atoms with E-state index in [4.69, 9.17) is 4.52 Å². The van der Waals surface area contributed by atoms with Crippen LogP contribution in [0.15, 0.2) is 70.1 Å². The van der Waals surface area contributed by atoms with Crippen molar-refractivity contribution in [2.45, 2.75) is 37.6 Å². The average Bonchev–Trinajstić information content (AvgIpc) is 3.16. The Balaban J connectivity index is 1.72. The standard InChI is InChI=1S/C21H23N3O4S/c1-21(2,3)18-13-19(24-28-18)23-20(25)16-10-7-11-17(12-16)29(26,27)22-14-15-8-5-4-6-9-15/h4-13,22H,14H2,1-3H3,(H,23,24,25). The zero-order valence-electron chi connectivity index (χ0n) is 16.5. The van der Waals surface area contributed by atoms with Crippen molar-refractivity contribution in [3.05, 3.63) is 77.6 Å². The molecule has 0 spiro atoms. The zero-order valence-corrected chi connectivity index (χ0v) is 17.3. The van der Waals surface area contributed by atoms with E-state index >= 15 is 0 Å². The first-order chi connectivity index (χ1) is 13.6. The van der Waals surface area contributed by atoms with Crippen molar-refractivity contribution in [3.8, 4) is 0 Å². The van der Waals surface area contributed by atoms with Gasteiger partial charge in [-0.2, -0.15) is 0 Å². The molecule has 1 amide bonds. The van der Waals surface area contributed by atoms with Crippen molar-refractivity contribution in [2.24, 2.45) is 0 Å². The number of carbonyl (C=O) groups excluding carboxylic acids is 1. The van der Waals surface area contributed by atoms with E-state index in [2.05, 4.69) is 15.2 Å². The Morgan fingerprint density at radius 1 is 1.03 bits per heavy atom. The zero-order chi connectivity index (χ0) is 21.1. The highest BCUT2D eigenvalue weighted by Gasteiger charge is 2.21. The number of hydrogen-bond acceptors (Lipinski definition) is 5. The monoisotopic (exact) mass is 413 g/mol. The van der Waals surface area contributed by atoms with E-state index in [0.29, 0.717) is 5.76 Å². The van der Waals surface area contributed by atoms with Gasteiger partial charge in [0.05, 0.1) is 4.90 Å². The lowest BCUT2D eigenvalue weighted by molar-refractivity contribution is 0.102. The molecule has 0 bridgehead atoms. The Morgan fingerprint density at radius 2 is 1.76 bits per heavy atom. The minimum Gasteiger partial charge on any atom is -0.359 e. The fraction of sp³-hybridized carbons (Fsp3) is 0.238. The number of carbonyl (C=O) groups is 1. The van der Waals surface area contributed by atoms with Gasteiger partial charge in [-0.3, -0.25) is 4.79 Å². The van der Waals surface area contributed by atoms with Crippen LogP contribution in [0.25, 0.3) is 0 Å². The maximum Gasteiger partial charge on any atom is 0.256 e. The Kier molecular flexibility index (Phi) is 5.86. The minimum absolute atomic E-state index is 0.0108. The van der Waals surface area contributed by atoms with Crippen LogP contribution in [-0.4, -0.2) is 19.5 Å². The summed E-state index contributed by atoms with van der Waals surface area (Å²) in [6.07, 6.45) is 0. The maximum absolute atomic E-state index is 12.6. The van der Waals surface area contributed by atoms with E-state index in [1.165, 1.54) is 24.3 Å². The summed E-state index contributed by atoms with van der Waals surface area (Å²) in [5.41, 5.74) is 0.799. The second-order valence-electron chi connectivity index (χ2n) is 7.62. The average molecular weight is 413 g/mol. The van der Waals surface area contributed by atoms with Crippen molar-refractivity contribution in [1.29, 1.82) is 0 Å². The van der Waals surface area contributed by atoms with Crippen molar-refractivity contribution in [3.63, 3.8) is 0 Å². The topological polar surface area (TPSA) is 101 Å². The second-order valence-corrected chi connectivity index (χ2v) is 9.39. The summed E-state index contributed by atoms with van der Waals surface area (Å²) in [5.74, 6) is 0.434. The Morgan fingerprint density at radius 3 is 2.41 bits per heavy atom. The number of amides is 1. The molecule has 0 saturated heterocycles. The molecule has 0 aliphatic heterocycles. The van der Waals surface area contributed by atoms with Gasteiger partial charge in [0.2, 0.25) is 10.0 Å². The molecule has 0 unspecified atom stereocenters. The van der Waals surface area contributed by atoms with Crippen LogP contribution in [0.4, 0.5) is 5.82 Å². The minimum atomic E-state index is -3.77. The van der Waals surface area contributed by atoms with Crippen LogP contribution in [-0.2, 0) is 22.0 Å². The van der Waals surface area contributed by atoms with E-state index in [-0.39, 0.29) is 28.2 Å². The SMILES string of the molecule is CC(C)(C)c1cc(NC(=O)c2cccc(S(=O)(=O)NCc3ccccc3)c2)no1.